The molecule has 0 fully saturated rings. The minimum Gasteiger partial charge on any atom is -0.462 e. The van der Waals surface area contributed by atoms with Crippen molar-refractivity contribution in [2.75, 3.05) is 0 Å². The second kappa shape index (κ2) is 11.6. The average molecular weight is 256 g/mol. The number of carbonyl (C=O) groups is 1. The first-order valence-corrected chi connectivity index (χ1v) is 7.86. The maximum absolute atomic E-state index is 12.1. The van der Waals surface area contributed by atoms with Crippen LogP contribution in [0.2, 0.25) is 0 Å². The summed E-state index contributed by atoms with van der Waals surface area (Å²) in [5.41, 5.74) is 0. The SMILES string of the molecule is CCCCC(C)OC(=O)C(CCCC)CCCC. The summed E-state index contributed by atoms with van der Waals surface area (Å²) in [4.78, 5) is 12.1. The van der Waals surface area contributed by atoms with Crippen LogP contribution in [0.25, 0.3) is 0 Å². The zero-order valence-corrected chi connectivity index (χ0v) is 12.8. The highest BCUT2D eigenvalue weighted by atomic mass is 16.5. The molecule has 1 unspecified atom stereocenters. The lowest BCUT2D eigenvalue weighted by Gasteiger charge is -2.19. The van der Waals surface area contributed by atoms with Gasteiger partial charge in [0.15, 0.2) is 0 Å². The van der Waals surface area contributed by atoms with Gasteiger partial charge in [0.2, 0.25) is 0 Å². The van der Waals surface area contributed by atoms with Crippen LogP contribution in [0, 0.1) is 5.92 Å². The van der Waals surface area contributed by atoms with E-state index in [0.717, 1.165) is 57.8 Å². The molecule has 0 aromatic heterocycles. The topological polar surface area (TPSA) is 26.3 Å². The quantitative estimate of drug-likeness (QED) is 0.480. The Balaban J connectivity index is 4.09. The van der Waals surface area contributed by atoms with Crippen molar-refractivity contribution in [2.45, 2.75) is 91.6 Å². The highest BCUT2D eigenvalue weighted by Crippen LogP contribution is 2.19. The van der Waals surface area contributed by atoms with E-state index >= 15 is 0 Å². The highest BCUT2D eigenvalue weighted by molar-refractivity contribution is 5.72. The molecule has 2 nitrogen and oxygen atoms in total. The average Bonchev–Trinajstić information content (AvgIpc) is 2.36. The standard InChI is InChI=1S/C16H32O2/c1-5-8-11-14(4)18-16(17)15(12-9-6-2)13-10-7-3/h14-15H,5-13H2,1-4H3. The number of ether oxygens (including phenoxy) is 1. The summed E-state index contributed by atoms with van der Waals surface area (Å²) in [6.45, 7) is 8.53. The van der Waals surface area contributed by atoms with Crippen LogP contribution in [0.4, 0.5) is 0 Å². The zero-order chi connectivity index (χ0) is 13.8. The largest absolute Gasteiger partial charge is 0.462 e. The van der Waals surface area contributed by atoms with Gasteiger partial charge in [-0.25, -0.2) is 0 Å². The van der Waals surface area contributed by atoms with E-state index < -0.39 is 0 Å². The van der Waals surface area contributed by atoms with E-state index in [-0.39, 0.29) is 18.0 Å². The molecule has 108 valence electrons. The molecular formula is C16H32O2. The van der Waals surface area contributed by atoms with Gasteiger partial charge >= 0.3 is 5.97 Å². The minimum atomic E-state index is 0.0421. The molecule has 0 aliphatic carbocycles. The van der Waals surface area contributed by atoms with Crippen LogP contribution >= 0.6 is 0 Å². The number of carbonyl (C=O) groups excluding carboxylic acids is 1. The monoisotopic (exact) mass is 256 g/mol. The van der Waals surface area contributed by atoms with Crippen LogP contribution in [0.5, 0.6) is 0 Å². The van der Waals surface area contributed by atoms with Crippen molar-refractivity contribution < 1.29 is 9.53 Å². The molecule has 0 N–H and O–H groups in total. The smallest absolute Gasteiger partial charge is 0.309 e. The van der Waals surface area contributed by atoms with Gasteiger partial charge in [-0.1, -0.05) is 59.3 Å². The van der Waals surface area contributed by atoms with E-state index in [4.69, 9.17) is 4.74 Å². The van der Waals surface area contributed by atoms with Crippen molar-refractivity contribution in [1.82, 2.24) is 0 Å². The Morgan fingerprint density at radius 2 is 1.33 bits per heavy atom. The van der Waals surface area contributed by atoms with E-state index in [1.807, 2.05) is 6.92 Å². The summed E-state index contributed by atoms with van der Waals surface area (Å²) < 4.78 is 5.57. The summed E-state index contributed by atoms with van der Waals surface area (Å²) in [5, 5.41) is 0. The molecule has 0 saturated heterocycles. The van der Waals surface area contributed by atoms with Crippen LogP contribution in [0.15, 0.2) is 0 Å². The molecule has 0 aromatic carbocycles. The van der Waals surface area contributed by atoms with Crippen LogP contribution in [-0.4, -0.2) is 12.1 Å². The van der Waals surface area contributed by atoms with Crippen molar-refractivity contribution in [3.63, 3.8) is 0 Å². The Bertz CT molecular complexity index is 193. The Labute approximate surface area is 113 Å². The molecule has 0 radical (unpaired) electrons. The predicted molar refractivity (Wildman–Crippen MR) is 77.6 cm³/mol. The Morgan fingerprint density at radius 1 is 0.889 bits per heavy atom. The minimum absolute atomic E-state index is 0.0421. The fourth-order valence-electron chi connectivity index (χ4n) is 2.13. The molecule has 18 heavy (non-hydrogen) atoms. The van der Waals surface area contributed by atoms with Gasteiger partial charge in [-0.2, -0.15) is 0 Å². The lowest BCUT2D eigenvalue weighted by Crippen LogP contribution is -2.23. The van der Waals surface area contributed by atoms with E-state index in [1.165, 1.54) is 0 Å². The summed E-state index contributed by atoms with van der Waals surface area (Å²) in [6, 6.07) is 0. The molecule has 0 aliphatic rings. The van der Waals surface area contributed by atoms with Gasteiger partial charge < -0.3 is 4.74 Å². The molecule has 0 aliphatic heterocycles. The molecule has 0 aromatic rings. The summed E-state index contributed by atoms with van der Waals surface area (Å²) in [6.07, 6.45) is 9.95. The fourth-order valence-corrected chi connectivity index (χ4v) is 2.13. The molecule has 0 saturated carbocycles. The number of hydrogen-bond donors (Lipinski definition) is 0. The van der Waals surface area contributed by atoms with Crippen LogP contribution in [0.1, 0.15) is 85.5 Å². The summed E-state index contributed by atoms with van der Waals surface area (Å²) in [7, 11) is 0. The van der Waals surface area contributed by atoms with Crippen LogP contribution < -0.4 is 0 Å². The molecule has 0 rings (SSSR count). The van der Waals surface area contributed by atoms with Gasteiger partial charge in [0.25, 0.3) is 0 Å². The number of hydrogen-bond acceptors (Lipinski definition) is 2. The van der Waals surface area contributed by atoms with Gasteiger partial charge in [-0.3, -0.25) is 4.79 Å². The third-order valence-electron chi connectivity index (χ3n) is 3.43. The number of unbranched alkanes of at least 4 members (excludes halogenated alkanes) is 3. The van der Waals surface area contributed by atoms with Gasteiger partial charge in [0.05, 0.1) is 12.0 Å². The zero-order valence-electron chi connectivity index (χ0n) is 12.8. The van der Waals surface area contributed by atoms with Gasteiger partial charge in [-0.05, 0) is 26.2 Å². The lowest BCUT2D eigenvalue weighted by molar-refractivity contribution is -0.154. The Hall–Kier alpha value is -0.530. The van der Waals surface area contributed by atoms with E-state index in [0.29, 0.717) is 0 Å². The van der Waals surface area contributed by atoms with Gasteiger partial charge in [0.1, 0.15) is 0 Å². The Kier molecular flexibility index (Phi) is 11.2. The second-order valence-corrected chi connectivity index (χ2v) is 5.37. The van der Waals surface area contributed by atoms with E-state index in [2.05, 4.69) is 20.8 Å². The third-order valence-corrected chi connectivity index (χ3v) is 3.43. The first-order valence-electron chi connectivity index (χ1n) is 7.86. The lowest BCUT2D eigenvalue weighted by atomic mass is 9.96. The molecule has 1 atom stereocenters. The highest BCUT2D eigenvalue weighted by Gasteiger charge is 2.20. The van der Waals surface area contributed by atoms with E-state index in [1.54, 1.807) is 0 Å². The second-order valence-electron chi connectivity index (χ2n) is 5.37. The van der Waals surface area contributed by atoms with Crippen molar-refractivity contribution >= 4 is 5.97 Å². The summed E-state index contributed by atoms with van der Waals surface area (Å²) in [5.74, 6) is 0.175. The van der Waals surface area contributed by atoms with Crippen molar-refractivity contribution in [3.05, 3.63) is 0 Å². The predicted octanol–water partition coefficient (Wildman–Crippen LogP) is 5.10. The molecule has 0 spiro atoms. The van der Waals surface area contributed by atoms with Crippen LogP contribution in [0.3, 0.4) is 0 Å². The van der Waals surface area contributed by atoms with Crippen LogP contribution in [-0.2, 0) is 9.53 Å². The van der Waals surface area contributed by atoms with Gasteiger partial charge in [0, 0.05) is 0 Å². The van der Waals surface area contributed by atoms with Crippen molar-refractivity contribution in [2.24, 2.45) is 5.92 Å². The first kappa shape index (κ1) is 17.5. The molecule has 0 bridgehead atoms. The first-order chi connectivity index (χ1) is 8.65. The molecule has 0 heterocycles. The maximum atomic E-state index is 12.1. The molecule has 2 heteroatoms. The number of rotatable bonds is 11. The third kappa shape index (κ3) is 8.54. The molecular weight excluding hydrogens is 224 g/mol. The van der Waals surface area contributed by atoms with E-state index in [9.17, 15) is 4.79 Å². The maximum Gasteiger partial charge on any atom is 0.309 e. The number of esters is 1. The molecule has 0 amide bonds. The van der Waals surface area contributed by atoms with Gasteiger partial charge in [-0.15, -0.1) is 0 Å². The summed E-state index contributed by atoms with van der Waals surface area (Å²) >= 11 is 0. The fraction of sp³-hybridized carbons (Fsp3) is 0.938. The van der Waals surface area contributed by atoms with Crippen molar-refractivity contribution in [1.29, 1.82) is 0 Å². The normalized spacial score (nSPS) is 12.7. The Morgan fingerprint density at radius 3 is 1.78 bits per heavy atom. The van der Waals surface area contributed by atoms with Crippen molar-refractivity contribution in [3.8, 4) is 0 Å².